The summed E-state index contributed by atoms with van der Waals surface area (Å²) >= 11 is 1.65. The summed E-state index contributed by atoms with van der Waals surface area (Å²) in [5.74, 6) is -0.0905. The fraction of sp³-hybridized carbons (Fsp3) is 0.500. The van der Waals surface area contributed by atoms with Crippen LogP contribution in [0.2, 0.25) is 0 Å². The minimum atomic E-state index is -0.930. The predicted molar refractivity (Wildman–Crippen MR) is 61.8 cm³/mol. The zero-order valence-electron chi connectivity index (χ0n) is 8.85. The van der Waals surface area contributed by atoms with Crippen molar-refractivity contribution >= 4 is 11.8 Å². The molecule has 1 aromatic carbocycles. The molecule has 0 saturated carbocycles. The van der Waals surface area contributed by atoms with Crippen LogP contribution in [0.3, 0.4) is 0 Å². The van der Waals surface area contributed by atoms with Gasteiger partial charge in [0.05, 0.1) is 12.4 Å². The molecule has 3 heteroatoms. The van der Waals surface area contributed by atoms with Crippen molar-refractivity contribution in [3.8, 4) is 0 Å². The van der Waals surface area contributed by atoms with Crippen LogP contribution in [-0.4, -0.2) is 23.3 Å². The molecule has 1 aromatic rings. The van der Waals surface area contributed by atoms with E-state index in [2.05, 4.69) is 0 Å². The standard InChI is InChI=1S/C12H16O2S/c1-10-7-8-14-12(10,13)9-15-11-5-3-2-4-6-11/h2-6,10,13H,7-9H2,1H3. The summed E-state index contributed by atoms with van der Waals surface area (Å²) in [6, 6.07) is 10.1. The van der Waals surface area contributed by atoms with Gasteiger partial charge < -0.3 is 9.84 Å². The minimum Gasteiger partial charge on any atom is -0.365 e. The molecule has 2 rings (SSSR count). The molecule has 0 amide bonds. The maximum absolute atomic E-state index is 10.2. The number of ether oxygens (including phenoxy) is 1. The first-order valence-corrected chi connectivity index (χ1v) is 6.23. The summed E-state index contributed by atoms with van der Waals surface area (Å²) in [6.07, 6.45) is 0.950. The molecule has 1 aliphatic heterocycles. The van der Waals surface area contributed by atoms with Crippen molar-refractivity contribution in [3.05, 3.63) is 30.3 Å². The molecule has 82 valence electrons. The lowest BCUT2D eigenvalue weighted by molar-refractivity contribution is -0.172. The second kappa shape index (κ2) is 4.56. The Labute approximate surface area is 94.6 Å². The molecule has 2 atom stereocenters. The lowest BCUT2D eigenvalue weighted by Crippen LogP contribution is -2.36. The van der Waals surface area contributed by atoms with Crippen molar-refractivity contribution in [1.82, 2.24) is 0 Å². The van der Waals surface area contributed by atoms with Gasteiger partial charge in [-0.05, 0) is 18.6 Å². The quantitative estimate of drug-likeness (QED) is 0.800. The molecule has 0 aliphatic carbocycles. The molecule has 2 nitrogen and oxygen atoms in total. The number of benzene rings is 1. The second-order valence-electron chi connectivity index (χ2n) is 3.98. The molecule has 1 saturated heterocycles. The summed E-state index contributed by atoms with van der Waals surface area (Å²) in [4.78, 5) is 1.17. The zero-order valence-corrected chi connectivity index (χ0v) is 9.67. The highest BCUT2D eigenvalue weighted by Crippen LogP contribution is 2.34. The Morgan fingerprint density at radius 3 is 2.80 bits per heavy atom. The monoisotopic (exact) mass is 224 g/mol. The number of hydrogen-bond donors (Lipinski definition) is 1. The molecule has 1 fully saturated rings. The molecular formula is C12H16O2S. The van der Waals surface area contributed by atoms with E-state index in [0.717, 1.165) is 6.42 Å². The lowest BCUT2D eigenvalue weighted by Gasteiger charge is -2.25. The Bertz CT molecular complexity index is 315. The second-order valence-corrected chi connectivity index (χ2v) is 5.03. The Balaban J connectivity index is 1.93. The summed E-state index contributed by atoms with van der Waals surface area (Å²) in [7, 11) is 0. The maximum atomic E-state index is 10.2. The molecule has 15 heavy (non-hydrogen) atoms. The molecule has 1 aliphatic rings. The first-order chi connectivity index (χ1) is 7.21. The van der Waals surface area contributed by atoms with Crippen LogP contribution >= 0.6 is 11.8 Å². The molecular weight excluding hydrogens is 208 g/mol. The SMILES string of the molecule is CC1CCOC1(O)CSc1ccccc1. The van der Waals surface area contributed by atoms with Gasteiger partial charge in [0.2, 0.25) is 0 Å². The van der Waals surface area contributed by atoms with Crippen molar-refractivity contribution in [2.24, 2.45) is 5.92 Å². The Hall–Kier alpha value is -0.510. The average molecular weight is 224 g/mol. The van der Waals surface area contributed by atoms with Crippen LogP contribution in [0.25, 0.3) is 0 Å². The van der Waals surface area contributed by atoms with E-state index < -0.39 is 5.79 Å². The number of rotatable bonds is 3. The van der Waals surface area contributed by atoms with E-state index >= 15 is 0 Å². The van der Waals surface area contributed by atoms with Gasteiger partial charge in [-0.15, -0.1) is 11.8 Å². The van der Waals surface area contributed by atoms with Crippen molar-refractivity contribution in [1.29, 1.82) is 0 Å². The normalized spacial score (nSPS) is 30.7. The van der Waals surface area contributed by atoms with Crippen LogP contribution in [0.15, 0.2) is 35.2 Å². The third kappa shape index (κ3) is 2.54. The Morgan fingerprint density at radius 1 is 1.47 bits per heavy atom. The van der Waals surface area contributed by atoms with Gasteiger partial charge >= 0.3 is 0 Å². The fourth-order valence-corrected chi connectivity index (χ4v) is 2.76. The Kier molecular flexibility index (Phi) is 3.34. The largest absolute Gasteiger partial charge is 0.365 e. The van der Waals surface area contributed by atoms with Crippen molar-refractivity contribution in [2.75, 3.05) is 12.4 Å². The van der Waals surface area contributed by atoms with E-state index in [0.29, 0.717) is 12.4 Å². The van der Waals surface area contributed by atoms with Gasteiger partial charge in [0, 0.05) is 10.8 Å². The highest BCUT2D eigenvalue weighted by Gasteiger charge is 2.39. The summed E-state index contributed by atoms with van der Waals surface area (Å²) in [5, 5.41) is 10.2. The molecule has 1 heterocycles. The molecule has 0 spiro atoms. The van der Waals surface area contributed by atoms with E-state index in [9.17, 15) is 5.11 Å². The highest BCUT2D eigenvalue weighted by atomic mass is 32.2. The van der Waals surface area contributed by atoms with E-state index in [1.54, 1.807) is 11.8 Å². The van der Waals surface area contributed by atoms with Crippen LogP contribution < -0.4 is 0 Å². The maximum Gasteiger partial charge on any atom is 0.177 e. The highest BCUT2D eigenvalue weighted by molar-refractivity contribution is 7.99. The summed E-state index contributed by atoms with van der Waals surface area (Å²) in [5.41, 5.74) is 0. The van der Waals surface area contributed by atoms with Gasteiger partial charge in [0.1, 0.15) is 0 Å². The van der Waals surface area contributed by atoms with Crippen LogP contribution in [0.5, 0.6) is 0 Å². The van der Waals surface area contributed by atoms with E-state index in [1.165, 1.54) is 4.90 Å². The van der Waals surface area contributed by atoms with Gasteiger partial charge in [0.25, 0.3) is 0 Å². The molecule has 0 bridgehead atoms. The van der Waals surface area contributed by atoms with Crippen molar-refractivity contribution < 1.29 is 9.84 Å². The summed E-state index contributed by atoms with van der Waals surface area (Å²) in [6.45, 7) is 2.71. The third-order valence-corrected chi connectivity index (χ3v) is 4.03. The van der Waals surface area contributed by atoms with Gasteiger partial charge in [-0.1, -0.05) is 25.1 Å². The number of hydrogen-bond acceptors (Lipinski definition) is 3. The van der Waals surface area contributed by atoms with Gasteiger partial charge in [-0.3, -0.25) is 0 Å². The third-order valence-electron chi connectivity index (χ3n) is 2.86. The van der Waals surface area contributed by atoms with Gasteiger partial charge in [-0.2, -0.15) is 0 Å². The van der Waals surface area contributed by atoms with E-state index in [-0.39, 0.29) is 5.92 Å². The molecule has 1 N–H and O–H groups in total. The van der Waals surface area contributed by atoms with Crippen LogP contribution in [0.1, 0.15) is 13.3 Å². The molecule has 0 radical (unpaired) electrons. The predicted octanol–water partition coefficient (Wildman–Crippen LogP) is 2.52. The number of aliphatic hydroxyl groups is 1. The summed E-state index contributed by atoms with van der Waals surface area (Å²) < 4.78 is 5.41. The van der Waals surface area contributed by atoms with Gasteiger partial charge in [0.15, 0.2) is 5.79 Å². The molecule has 2 unspecified atom stereocenters. The van der Waals surface area contributed by atoms with E-state index in [4.69, 9.17) is 4.74 Å². The topological polar surface area (TPSA) is 29.5 Å². The van der Waals surface area contributed by atoms with Crippen molar-refractivity contribution in [2.45, 2.75) is 24.0 Å². The fourth-order valence-electron chi connectivity index (χ4n) is 1.67. The van der Waals surface area contributed by atoms with Crippen LogP contribution in [0, 0.1) is 5.92 Å². The van der Waals surface area contributed by atoms with Crippen LogP contribution in [0.4, 0.5) is 0 Å². The van der Waals surface area contributed by atoms with Gasteiger partial charge in [-0.25, -0.2) is 0 Å². The first kappa shape index (κ1) is 11.0. The smallest absolute Gasteiger partial charge is 0.177 e. The average Bonchev–Trinajstić information content (AvgIpc) is 2.59. The lowest BCUT2D eigenvalue weighted by atomic mass is 10.0. The zero-order chi connectivity index (χ0) is 10.7. The first-order valence-electron chi connectivity index (χ1n) is 5.25. The van der Waals surface area contributed by atoms with E-state index in [1.807, 2.05) is 37.3 Å². The number of thioether (sulfide) groups is 1. The minimum absolute atomic E-state index is 0.230. The Morgan fingerprint density at radius 2 is 2.20 bits per heavy atom. The van der Waals surface area contributed by atoms with Crippen LogP contribution in [-0.2, 0) is 4.74 Å². The van der Waals surface area contributed by atoms with Crippen molar-refractivity contribution in [3.63, 3.8) is 0 Å². The molecule has 0 aromatic heterocycles.